The first-order valence-electron chi connectivity index (χ1n) is 9.82. The number of nitrogens with zero attached hydrogens (tertiary/aromatic N) is 2. The molecule has 9 heteroatoms. The lowest BCUT2D eigenvalue weighted by atomic mass is 9.95. The summed E-state index contributed by atoms with van der Waals surface area (Å²) in [7, 11) is -3.03. The molecular formula is C20H24N4O4S. The van der Waals surface area contributed by atoms with Crippen LogP contribution < -0.4 is 10.6 Å². The zero-order valence-electron chi connectivity index (χ0n) is 16.3. The van der Waals surface area contributed by atoms with Gasteiger partial charge in [0.05, 0.1) is 17.5 Å². The topological polar surface area (TPSA) is 110 Å². The lowest BCUT2D eigenvalue weighted by Crippen LogP contribution is -2.17. The van der Waals surface area contributed by atoms with Crippen LogP contribution in [0.15, 0.2) is 24.3 Å². The highest BCUT2D eigenvalue weighted by Gasteiger charge is 2.34. The minimum absolute atomic E-state index is 0.0901. The number of hydrogen-bond donors (Lipinski definition) is 2. The second-order valence-electron chi connectivity index (χ2n) is 7.70. The minimum atomic E-state index is -3.03. The summed E-state index contributed by atoms with van der Waals surface area (Å²) in [6.07, 6.45) is 4.15. The predicted octanol–water partition coefficient (Wildman–Crippen LogP) is 2.33. The molecule has 2 aliphatic rings. The highest BCUT2D eigenvalue weighted by molar-refractivity contribution is 7.91. The fourth-order valence-corrected chi connectivity index (χ4v) is 5.80. The third-order valence-electron chi connectivity index (χ3n) is 5.44. The summed E-state index contributed by atoms with van der Waals surface area (Å²) in [4.78, 5) is 24.0. The van der Waals surface area contributed by atoms with Crippen LogP contribution in [0.5, 0.6) is 0 Å². The average Bonchev–Trinajstić information content (AvgIpc) is 3.23. The third-order valence-corrected chi connectivity index (χ3v) is 7.19. The van der Waals surface area contributed by atoms with Crippen LogP contribution in [-0.4, -0.2) is 41.5 Å². The van der Waals surface area contributed by atoms with Gasteiger partial charge >= 0.3 is 0 Å². The average molecular weight is 417 g/mol. The molecule has 2 aromatic rings. The van der Waals surface area contributed by atoms with E-state index in [1.807, 2.05) is 0 Å². The van der Waals surface area contributed by atoms with Gasteiger partial charge < -0.3 is 10.6 Å². The number of rotatable bonds is 4. The molecule has 1 aromatic heterocycles. The Morgan fingerprint density at radius 1 is 1.07 bits per heavy atom. The highest BCUT2D eigenvalue weighted by atomic mass is 32.2. The van der Waals surface area contributed by atoms with E-state index in [2.05, 4.69) is 15.7 Å². The smallest absolute Gasteiger partial charge is 0.276 e. The van der Waals surface area contributed by atoms with Gasteiger partial charge in [-0.3, -0.25) is 14.3 Å². The van der Waals surface area contributed by atoms with Gasteiger partial charge in [-0.15, -0.1) is 0 Å². The van der Waals surface area contributed by atoms with Crippen molar-refractivity contribution in [2.24, 2.45) is 0 Å². The van der Waals surface area contributed by atoms with Gasteiger partial charge in [-0.2, -0.15) is 5.10 Å². The summed E-state index contributed by atoms with van der Waals surface area (Å²) in [5.41, 5.74) is 3.58. The van der Waals surface area contributed by atoms with E-state index in [4.69, 9.17) is 0 Å². The minimum Gasteiger partial charge on any atom is -0.326 e. The molecule has 1 aromatic carbocycles. The first-order valence-corrected chi connectivity index (χ1v) is 11.6. The Kier molecular flexibility index (Phi) is 5.16. The number of carbonyl (C=O) groups excluding carboxylic acids is 2. The van der Waals surface area contributed by atoms with Crippen molar-refractivity contribution in [3.05, 3.63) is 41.2 Å². The standard InChI is InChI=1S/C20H24N4O4S/c1-13(25)21-14-6-8-15(9-7-14)22-20(26)19-17-4-2-3-5-18(17)24(23-19)16-10-11-29(27,28)12-16/h6-9,16H,2-5,10-12H2,1H3,(H,21,25)(H,22,26)/t16-/m0/s1. The summed E-state index contributed by atoms with van der Waals surface area (Å²) in [6.45, 7) is 1.44. The molecule has 2 amide bonds. The molecule has 29 heavy (non-hydrogen) atoms. The van der Waals surface area contributed by atoms with Gasteiger partial charge in [0.25, 0.3) is 5.91 Å². The molecule has 0 saturated carbocycles. The Balaban J connectivity index is 1.58. The van der Waals surface area contributed by atoms with Crippen LogP contribution in [0.3, 0.4) is 0 Å². The maximum absolute atomic E-state index is 12.9. The van der Waals surface area contributed by atoms with Gasteiger partial charge in [0.15, 0.2) is 15.5 Å². The molecule has 1 atom stereocenters. The number of amides is 2. The fourth-order valence-electron chi connectivity index (χ4n) is 4.11. The Bertz CT molecular complexity index is 1060. The third kappa shape index (κ3) is 4.19. The van der Waals surface area contributed by atoms with Crippen molar-refractivity contribution in [1.82, 2.24) is 9.78 Å². The lowest BCUT2D eigenvalue weighted by Gasteiger charge is -2.17. The van der Waals surface area contributed by atoms with Crippen LogP contribution in [-0.2, 0) is 27.5 Å². The van der Waals surface area contributed by atoms with Crippen molar-refractivity contribution in [2.45, 2.75) is 45.1 Å². The molecule has 0 unspecified atom stereocenters. The summed E-state index contributed by atoms with van der Waals surface area (Å²) >= 11 is 0. The van der Waals surface area contributed by atoms with E-state index in [0.717, 1.165) is 36.9 Å². The molecule has 2 N–H and O–H groups in total. The summed E-state index contributed by atoms with van der Waals surface area (Å²) in [6, 6.07) is 6.68. The van der Waals surface area contributed by atoms with E-state index in [9.17, 15) is 18.0 Å². The molecule has 8 nitrogen and oxygen atoms in total. The first kappa shape index (κ1) is 19.6. The summed E-state index contributed by atoms with van der Waals surface area (Å²) in [5, 5.41) is 10.1. The SMILES string of the molecule is CC(=O)Nc1ccc(NC(=O)c2nn([C@H]3CCS(=O)(=O)C3)c3c2CCCC3)cc1. The zero-order chi connectivity index (χ0) is 20.6. The number of hydrogen-bond acceptors (Lipinski definition) is 5. The van der Waals surface area contributed by atoms with E-state index in [1.165, 1.54) is 6.92 Å². The molecule has 0 radical (unpaired) electrons. The van der Waals surface area contributed by atoms with E-state index >= 15 is 0 Å². The molecule has 154 valence electrons. The molecule has 2 heterocycles. The van der Waals surface area contributed by atoms with Crippen LogP contribution in [0.2, 0.25) is 0 Å². The van der Waals surface area contributed by atoms with Gasteiger partial charge in [0.1, 0.15) is 0 Å². The van der Waals surface area contributed by atoms with Gasteiger partial charge in [0, 0.05) is 29.6 Å². The quantitative estimate of drug-likeness (QED) is 0.795. The molecule has 1 aliphatic carbocycles. The van der Waals surface area contributed by atoms with E-state index < -0.39 is 9.84 Å². The maximum Gasteiger partial charge on any atom is 0.276 e. The molecule has 1 fully saturated rings. The van der Waals surface area contributed by atoms with E-state index in [-0.39, 0.29) is 29.4 Å². The molecular weight excluding hydrogens is 392 g/mol. The fraction of sp³-hybridized carbons (Fsp3) is 0.450. The number of fused-ring (bicyclic) bond motifs is 1. The number of sulfone groups is 1. The predicted molar refractivity (Wildman–Crippen MR) is 110 cm³/mol. The lowest BCUT2D eigenvalue weighted by molar-refractivity contribution is -0.114. The van der Waals surface area contributed by atoms with Crippen molar-refractivity contribution in [2.75, 3.05) is 22.1 Å². The molecule has 0 bridgehead atoms. The Morgan fingerprint density at radius 3 is 2.34 bits per heavy atom. The normalized spacial score (nSPS) is 20.1. The Labute approximate surface area is 169 Å². The van der Waals surface area contributed by atoms with Gasteiger partial charge in [-0.25, -0.2) is 8.42 Å². The molecule has 1 saturated heterocycles. The summed E-state index contributed by atoms with van der Waals surface area (Å²) in [5.74, 6) is -0.190. The summed E-state index contributed by atoms with van der Waals surface area (Å²) < 4.78 is 25.6. The van der Waals surface area contributed by atoms with Crippen molar-refractivity contribution < 1.29 is 18.0 Å². The second-order valence-corrected chi connectivity index (χ2v) is 9.92. The zero-order valence-corrected chi connectivity index (χ0v) is 17.1. The number of carbonyl (C=O) groups is 2. The van der Waals surface area contributed by atoms with Gasteiger partial charge in [-0.05, 0) is 56.4 Å². The van der Waals surface area contributed by atoms with E-state index in [0.29, 0.717) is 23.5 Å². The Morgan fingerprint density at radius 2 is 1.72 bits per heavy atom. The monoisotopic (exact) mass is 416 g/mol. The maximum atomic E-state index is 12.9. The molecule has 1 aliphatic heterocycles. The van der Waals surface area contributed by atoms with Crippen molar-refractivity contribution in [3.8, 4) is 0 Å². The second kappa shape index (κ2) is 7.62. The van der Waals surface area contributed by atoms with Crippen LogP contribution >= 0.6 is 0 Å². The Hall–Kier alpha value is -2.68. The van der Waals surface area contributed by atoms with E-state index in [1.54, 1.807) is 28.9 Å². The van der Waals surface area contributed by atoms with Crippen LogP contribution in [0.25, 0.3) is 0 Å². The first-order chi connectivity index (χ1) is 13.8. The van der Waals surface area contributed by atoms with Gasteiger partial charge in [0.2, 0.25) is 5.91 Å². The van der Waals surface area contributed by atoms with Crippen molar-refractivity contribution in [3.63, 3.8) is 0 Å². The number of anilines is 2. The van der Waals surface area contributed by atoms with Gasteiger partial charge in [-0.1, -0.05) is 0 Å². The number of aromatic nitrogens is 2. The van der Waals surface area contributed by atoms with Crippen LogP contribution in [0, 0.1) is 0 Å². The number of nitrogens with one attached hydrogen (secondary N) is 2. The molecule has 0 spiro atoms. The van der Waals surface area contributed by atoms with Crippen LogP contribution in [0.1, 0.15) is 54.0 Å². The van der Waals surface area contributed by atoms with Crippen molar-refractivity contribution >= 4 is 33.0 Å². The largest absolute Gasteiger partial charge is 0.326 e. The number of benzene rings is 1. The molecule has 4 rings (SSSR count). The van der Waals surface area contributed by atoms with Crippen molar-refractivity contribution in [1.29, 1.82) is 0 Å². The highest BCUT2D eigenvalue weighted by Crippen LogP contribution is 2.31. The van der Waals surface area contributed by atoms with Crippen LogP contribution in [0.4, 0.5) is 11.4 Å².